The molecule has 0 bridgehead atoms. The molecule has 1 aromatic heterocycles. The van der Waals surface area contributed by atoms with Crippen molar-refractivity contribution in [1.29, 1.82) is 0 Å². The molecule has 0 aliphatic heterocycles. The summed E-state index contributed by atoms with van der Waals surface area (Å²) in [7, 11) is 1.68. The Kier molecular flexibility index (Phi) is 4.38. The molecule has 0 radical (unpaired) electrons. The molecule has 3 rings (SSSR count). The number of benzene rings is 1. The molecule has 1 aliphatic carbocycles. The van der Waals surface area contributed by atoms with E-state index >= 15 is 0 Å². The van der Waals surface area contributed by atoms with E-state index in [2.05, 4.69) is 6.92 Å². The molecular weight excluding hydrogens is 308 g/mol. The van der Waals surface area contributed by atoms with Crippen LogP contribution < -0.4 is 0 Å². The van der Waals surface area contributed by atoms with Crippen LogP contribution in [-0.4, -0.2) is 22.8 Å². The van der Waals surface area contributed by atoms with Gasteiger partial charge in [-0.2, -0.15) is 0 Å². The first-order valence-corrected chi connectivity index (χ1v) is 8.00. The Labute approximate surface area is 140 Å². The Balaban J connectivity index is 1.63. The summed E-state index contributed by atoms with van der Waals surface area (Å²) >= 11 is 0. The van der Waals surface area contributed by atoms with Crippen LogP contribution in [0, 0.1) is 16.0 Å². The Bertz CT molecular complexity index is 768. The smallest absolute Gasteiger partial charge is 0.273 e. The van der Waals surface area contributed by atoms with E-state index in [1.807, 2.05) is 12.1 Å². The number of hydrogen-bond acceptors (Lipinski definition) is 4. The highest BCUT2D eigenvalue weighted by Crippen LogP contribution is 2.47. The highest BCUT2D eigenvalue weighted by Gasteiger charge is 2.36. The van der Waals surface area contributed by atoms with Crippen molar-refractivity contribution in [1.82, 2.24) is 4.90 Å². The summed E-state index contributed by atoms with van der Waals surface area (Å²) < 4.78 is 5.81. The van der Waals surface area contributed by atoms with Gasteiger partial charge in [0.15, 0.2) is 0 Å². The van der Waals surface area contributed by atoms with Crippen LogP contribution in [0.4, 0.5) is 5.69 Å². The lowest BCUT2D eigenvalue weighted by atomic mass is 10.1. The Morgan fingerprint density at radius 1 is 1.33 bits per heavy atom. The standard InChI is InChI=1S/C18H20N2O4/c1-12-9-15(12)17-8-7-14(24-17)11-19(2)18(21)10-13-5-3-4-6-16(13)20(22)23/h3-8,12,15H,9-11H2,1-2H3/t12-,15-/m1/s1. The molecule has 1 aliphatic rings. The molecule has 6 nitrogen and oxygen atoms in total. The van der Waals surface area contributed by atoms with Gasteiger partial charge in [-0.05, 0) is 24.5 Å². The van der Waals surface area contributed by atoms with Crippen LogP contribution in [0.3, 0.4) is 0 Å². The fourth-order valence-electron chi connectivity index (χ4n) is 2.86. The van der Waals surface area contributed by atoms with E-state index in [4.69, 9.17) is 4.42 Å². The van der Waals surface area contributed by atoms with Crippen molar-refractivity contribution < 1.29 is 14.1 Å². The molecule has 1 aromatic carbocycles. The van der Waals surface area contributed by atoms with Crippen molar-refractivity contribution in [2.45, 2.75) is 32.2 Å². The van der Waals surface area contributed by atoms with Crippen LogP contribution in [0.2, 0.25) is 0 Å². The zero-order chi connectivity index (χ0) is 17.3. The van der Waals surface area contributed by atoms with Crippen LogP contribution in [0.5, 0.6) is 0 Å². The normalized spacial score (nSPS) is 19.1. The zero-order valence-electron chi connectivity index (χ0n) is 13.8. The van der Waals surface area contributed by atoms with E-state index in [-0.39, 0.29) is 18.0 Å². The number of carbonyl (C=O) groups is 1. The van der Waals surface area contributed by atoms with Crippen molar-refractivity contribution in [2.75, 3.05) is 7.05 Å². The second-order valence-electron chi connectivity index (χ2n) is 6.44. The lowest BCUT2D eigenvalue weighted by Crippen LogP contribution is -2.27. The first-order valence-electron chi connectivity index (χ1n) is 8.00. The predicted molar refractivity (Wildman–Crippen MR) is 88.5 cm³/mol. The maximum absolute atomic E-state index is 12.4. The first kappa shape index (κ1) is 16.2. The maximum Gasteiger partial charge on any atom is 0.273 e. The number of nitrogens with zero attached hydrogens (tertiary/aromatic N) is 2. The van der Waals surface area contributed by atoms with Gasteiger partial charge in [0.05, 0.1) is 17.9 Å². The maximum atomic E-state index is 12.4. The number of hydrogen-bond donors (Lipinski definition) is 0. The summed E-state index contributed by atoms with van der Waals surface area (Å²) in [5.74, 6) is 2.72. The van der Waals surface area contributed by atoms with Crippen molar-refractivity contribution in [3.05, 3.63) is 63.6 Å². The van der Waals surface area contributed by atoms with Gasteiger partial charge in [-0.25, -0.2) is 0 Å². The third-order valence-corrected chi connectivity index (χ3v) is 4.51. The lowest BCUT2D eigenvalue weighted by molar-refractivity contribution is -0.385. The predicted octanol–water partition coefficient (Wildman–Crippen LogP) is 3.51. The minimum atomic E-state index is -0.460. The second-order valence-corrected chi connectivity index (χ2v) is 6.44. The largest absolute Gasteiger partial charge is 0.464 e. The fourth-order valence-corrected chi connectivity index (χ4v) is 2.86. The minimum Gasteiger partial charge on any atom is -0.464 e. The second kappa shape index (κ2) is 6.47. The number of likely N-dealkylation sites (N-methyl/N-ethyl adjacent to an activating group) is 1. The van der Waals surface area contributed by atoms with Crippen molar-refractivity contribution in [3.63, 3.8) is 0 Å². The van der Waals surface area contributed by atoms with Gasteiger partial charge in [-0.3, -0.25) is 14.9 Å². The van der Waals surface area contributed by atoms with Crippen molar-refractivity contribution >= 4 is 11.6 Å². The summed E-state index contributed by atoms with van der Waals surface area (Å²) in [6, 6.07) is 10.2. The number of nitro benzene ring substituents is 1. The molecule has 24 heavy (non-hydrogen) atoms. The molecule has 0 spiro atoms. The van der Waals surface area contributed by atoms with Gasteiger partial charge in [0.1, 0.15) is 11.5 Å². The number of rotatable bonds is 6. The van der Waals surface area contributed by atoms with Crippen LogP contribution >= 0.6 is 0 Å². The molecule has 0 saturated heterocycles. The monoisotopic (exact) mass is 328 g/mol. The zero-order valence-corrected chi connectivity index (χ0v) is 13.8. The average molecular weight is 328 g/mol. The van der Waals surface area contributed by atoms with Gasteiger partial charge in [0, 0.05) is 24.6 Å². The van der Waals surface area contributed by atoms with Gasteiger partial charge in [0.2, 0.25) is 5.91 Å². The number of furan rings is 1. The van der Waals surface area contributed by atoms with E-state index in [9.17, 15) is 14.9 Å². The topological polar surface area (TPSA) is 76.6 Å². The van der Waals surface area contributed by atoms with Crippen molar-refractivity contribution in [2.24, 2.45) is 5.92 Å². The van der Waals surface area contributed by atoms with Crippen molar-refractivity contribution in [3.8, 4) is 0 Å². The molecule has 1 saturated carbocycles. The van der Waals surface area contributed by atoms with Gasteiger partial charge < -0.3 is 9.32 Å². The summed E-state index contributed by atoms with van der Waals surface area (Å²) in [5.41, 5.74) is 0.397. The first-order chi connectivity index (χ1) is 11.5. The molecule has 6 heteroatoms. The van der Waals surface area contributed by atoms with Gasteiger partial charge >= 0.3 is 0 Å². The Morgan fingerprint density at radius 3 is 2.71 bits per heavy atom. The molecule has 1 amide bonds. The third kappa shape index (κ3) is 3.48. The summed E-state index contributed by atoms with van der Waals surface area (Å²) in [5, 5.41) is 11.0. The molecule has 1 fully saturated rings. The van der Waals surface area contributed by atoms with Crippen LogP contribution in [-0.2, 0) is 17.8 Å². The molecule has 0 N–H and O–H groups in total. The summed E-state index contributed by atoms with van der Waals surface area (Å²) in [4.78, 5) is 24.5. The number of para-hydroxylation sites is 1. The Morgan fingerprint density at radius 2 is 2.04 bits per heavy atom. The van der Waals surface area contributed by atoms with E-state index < -0.39 is 4.92 Å². The fraction of sp³-hybridized carbons (Fsp3) is 0.389. The van der Waals surface area contributed by atoms with Gasteiger partial charge in [-0.1, -0.05) is 25.1 Å². The highest BCUT2D eigenvalue weighted by atomic mass is 16.6. The average Bonchev–Trinajstić information content (AvgIpc) is 3.09. The molecule has 126 valence electrons. The number of amides is 1. The molecular formula is C18H20N2O4. The van der Waals surface area contributed by atoms with Gasteiger partial charge in [0.25, 0.3) is 5.69 Å². The lowest BCUT2D eigenvalue weighted by Gasteiger charge is -2.15. The molecule has 1 heterocycles. The van der Waals surface area contributed by atoms with Crippen LogP contribution in [0.25, 0.3) is 0 Å². The minimum absolute atomic E-state index is 0.000871. The van der Waals surface area contributed by atoms with Crippen LogP contribution in [0.1, 0.15) is 36.3 Å². The number of nitro groups is 1. The molecule has 0 unspecified atom stereocenters. The molecule has 2 atom stereocenters. The van der Waals surface area contributed by atoms with E-state index in [0.29, 0.717) is 23.9 Å². The third-order valence-electron chi connectivity index (χ3n) is 4.51. The van der Waals surface area contributed by atoms with E-state index in [1.54, 1.807) is 25.2 Å². The molecule has 2 aromatic rings. The summed E-state index contributed by atoms with van der Waals surface area (Å²) in [6.45, 7) is 2.55. The Hall–Kier alpha value is -2.63. The number of carbonyl (C=O) groups excluding carboxylic acids is 1. The highest BCUT2D eigenvalue weighted by molar-refractivity contribution is 5.79. The SMILES string of the molecule is C[C@@H]1C[C@H]1c1ccc(CN(C)C(=O)Cc2ccccc2[N+](=O)[O-])o1. The van der Waals surface area contributed by atoms with E-state index in [0.717, 1.165) is 17.9 Å². The quantitative estimate of drug-likeness (QED) is 0.600. The summed E-state index contributed by atoms with van der Waals surface area (Å²) in [6.07, 6.45) is 1.15. The van der Waals surface area contributed by atoms with E-state index in [1.165, 1.54) is 11.0 Å². The van der Waals surface area contributed by atoms with Crippen LogP contribution in [0.15, 0.2) is 40.8 Å². The van der Waals surface area contributed by atoms with Gasteiger partial charge in [-0.15, -0.1) is 0 Å².